The number of hydrogen-bond acceptors (Lipinski definition) is 4. The summed E-state index contributed by atoms with van der Waals surface area (Å²) in [5.74, 6) is -0.686. The zero-order chi connectivity index (χ0) is 12.4. The number of nitrogens with one attached hydrogen (secondary N) is 1. The maximum atomic E-state index is 11.2. The van der Waals surface area contributed by atoms with Crippen molar-refractivity contribution in [3.8, 4) is 0 Å². The minimum absolute atomic E-state index is 0.00622. The van der Waals surface area contributed by atoms with E-state index in [0.717, 1.165) is 6.42 Å². The lowest BCUT2D eigenvalue weighted by atomic mass is 10.2. The molecule has 5 nitrogen and oxygen atoms in total. The fourth-order valence-corrected chi connectivity index (χ4v) is 0.940. The lowest BCUT2D eigenvalue weighted by molar-refractivity contribution is -0.144. The van der Waals surface area contributed by atoms with E-state index in [-0.39, 0.29) is 37.0 Å². The number of rotatable bonds is 8. The van der Waals surface area contributed by atoms with E-state index in [0.29, 0.717) is 13.0 Å². The van der Waals surface area contributed by atoms with Gasteiger partial charge in [0.25, 0.3) is 0 Å². The summed E-state index contributed by atoms with van der Waals surface area (Å²) >= 11 is 0. The zero-order valence-corrected chi connectivity index (χ0v) is 9.88. The largest absolute Gasteiger partial charge is 0.466 e. The van der Waals surface area contributed by atoms with Crippen LogP contribution in [0, 0.1) is 0 Å². The summed E-state index contributed by atoms with van der Waals surface area (Å²) in [4.78, 5) is 33.1. The topological polar surface area (TPSA) is 72.5 Å². The molecule has 1 N–H and O–H groups in total. The molecule has 0 spiro atoms. The number of ether oxygens (including phenoxy) is 1. The predicted octanol–water partition coefficient (Wildman–Crippen LogP) is 0.815. The van der Waals surface area contributed by atoms with Gasteiger partial charge >= 0.3 is 5.97 Å². The molecular formula is C11H19NO4. The maximum Gasteiger partial charge on any atom is 0.306 e. The molecule has 1 amide bonds. The molecule has 0 unspecified atom stereocenters. The van der Waals surface area contributed by atoms with Gasteiger partial charge in [0.15, 0.2) is 5.78 Å². The molecule has 0 aliphatic carbocycles. The molecule has 0 radical (unpaired) electrons. The normalized spacial score (nSPS) is 9.62. The Bertz CT molecular complexity index is 250. The fourth-order valence-electron chi connectivity index (χ4n) is 0.940. The quantitative estimate of drug-likeness (QED) is 0.625. The first kappa shape index (κ1) is 14.6. The highest BCUT2D eigenvalue weighted by Crippen LogP contribution is 1.95. The van der Waals surface area contributed by atoms with Crippen molar-refractivity contribution in [2.45, 2.75) is 39.5 Å². The van der Waals surface area contributed by atoms with E-state index in [2.05, 4.69) is 5.32 Å². The minimum atomic E-state index is -0.364. The van der Waals surface area contributed by atoms with Crippen LogP contribution in [0.4, 0.5) is 0 Å². The predicted molar refractivity (Wildman–Crippen MR) is 58.8 cm³/mol. The summed E-state index contributed by atoms with van der Waals surface area (Å²) in [5.41, 5.74) is 0. The summed E-state index contributed by atoms with van der Waals surface area (Å²) in [5, 5.41) is 2.46. The molecule has 0 saturated heterocycles. The molecule has 0 atom stereocenters. The van der Waals surface area contributed by atoms with E-state index < -0.39 is 0 Å². The van der Waals surface area contributed by atoms with Gasteiger partial charge in [0.05, 0.1) is 19.6 Å². The Morgan fingerprint density at radius 2 is 1.81 bits per heavy atom. The van der Waals surface area contributed by atoms with Gasteiger partial charge in [-0.1, -0.05) is 13.8 Å². The molecule has 0 aliphatic rings. The lowest BCUT2D eigenvalue weighted by Gasteiger charge is -2.03. The van der Waals surface area contributed by atoms with E-state index in [9.17, 15) is 14.4 Å². The van der Waals surface area contributed by atoms with Crippen molar-refractivity contribution in [2.24, 2.45) is 0 Å². The average molecular weight is 229 g/mol. The molecule has 0 aliphatic heterocycles. The number of esters is 1. The molecule has 0 fully saturated rings. The van der Waals surface area contributed by atoms with Gasteiger partial charge in [-0.05, 0) is 6.42 Å². The molecule has 0 saturated carbocycles. The van der Waals surface area contributed by atoms with Crippen LogP contribution >= 0.6 is 0 Å². The smallest absolute Gasteiger partial charge is 0.306 e. The Labute approximate surface area is 95.5 Å². The number of amides is 1. The average Bonchev–Trinajstić information content (AvgIpc) is 2.30. The second-order valence-electron chi connectivity index (χ2n) is 3.39. The van der Waals surface area contributed by atoms with Crippen LogP contribution in [-0.4, -0.2) is 30.8 Å². The van der Waals surface area contributed by atoms with Crippen LogP contribution in [0.3, 0.4) is 0 Å². The van der Waals surface area contributed by atoms with Gasteiger partial charge in [0, 0.05) is 12.8 Å². The molecular weight excluding hydrogens is 210 g/mol. The molecule has 0 aromatic carbocycles. The van der Waals surface area contributed by atoms with E-state index in [1.807, 2.05) is 6.92 Å². The van der Waals surface area contributed by atoms with Crippen molar-refractivity contribution >= 4 is 17.7 Å². The Kier molecular flexibility index (Phi) is 8.11. The van der Waals surface area contributed by atoms with Crippen LogP contribution in [0.2, 0.25) is 0 Å². The van der Waals surface area contributed by atoms with Crippen LogP contribution < -0.4 is 5.32 Å². The molecule has 5 heteroatoms. The first-order chi connectivity index (χ1) is 7.60. The zero-order valence-electron chi connectivity index (χ0n) is 9.88. The third kappa shape index (κ3) is 7.96. The van der Waals surface area contributed by atoms with Crippen LogP contribution in [0.1, 0.15) is 39.5 Å². The second kappa shape index (κ2) is 8.88. The third-order valence-corrected chi connectivity index (χ3v) is 1.88. The summed E-state index contributed by atoms with van der Waals surface area (Å²) in [7, 11) is 0. The summed E-state index contributed by atoms with van der Waals surface area (Å²) in [6.07, 6.45) is 1.32. The van der Waals surface area contributed by atoms with Gasteiger partial charge < -0.3 is 10.1 Å². The number of carbonyl (C=O) groups is 3. The number of ketones is 1. The van der Waals surface area contributed by atoms with E-state index >= 15 is 0 Å². The van der Waals surface area contributed by atoms with Gasteiger partial charge in [-0.3, -0.25) is 14.4 Å². The van der Waals surface area contributed by atoms with E-state index in [1.54, 1.807) is 6.92 Å². The Morgan fingerprint density at radius 1 is 1.12 bits per heavy atom. The molecule has 16 heavy (non-hydrogen) atoms. The third-order valence-electron chi connectivity index (χ3n) is 1.88. The fraction of sp³-hybridized carbons (Fsp3) is 0.727. The number of hydrogen-bond donors (Lipinski definition) is 1. The highest BCUT2D eigenvalue weighted by molar-refractivity contribution is 5.87. The van der Waals surface area contributed by atoms with Gasteiger partial charge in [-0.25, -0.2) is 0 Å². The maximum absolute atomic E-state index is 11.2. The van der Waals surface area contributed by atoms with Gasteiger partial charge in [0.1, 0.15) is 0 Å². The Hall–Kier alpha value is -1.39. The summed E-state index contributed by atoms with van der Waals surface area (Å²) < 4.78 is 4.81. The van der Waals surface area contributed by atoms with Crippen molar-refractivity contribution in [2.75, 3.05) is 13.2 Å². The molecule has 0 aromatic rings. The summed E-state index contributed by atoms with van der Waals surface area (Å²) in [6, 6.07) is 0. The van der Waals surface area contributed by atoms with Crippen molar-refractivity contribution in [1.29, 1.82) is 0 Å². The molecule has 0 heterocycles. The van der Waals surface area contributed by atoms with Crippen LogP contribution in [0.25, 0.3) is 0 Å². The monoisotopic (exact) mass is 229 g/mol. The number of carbonyl (C=O) groups excluding carboxylic acids is 3. The van der Waals surface area contributed by atoms with Gasteiger partial charge in [0.2, 0.25) is 5.91 Å². The summed E-state index contributed by atoms with van der Waals surface area (Å²) in [6.45, 7) is 3.99. The van der Waals surface area contributed by atoms with Crippen molar-refractivity contribution in [3.05, 3.63) is 0 Å². The standard InChI is InChI=1S/C11H19NO4/c1-3-7-16-11(15)6-5-9(13)8-12-10(14)4-2/h3-8H2,1-2H3,(H,12,14). The van der Waals surface area contributed by atoms with E-state index in [4.69, 9.17) is 4.74 Å². The second-order valence-corrected chi connectivity index (χ2v) is 3.39. The highest BCUT2D eigenvalue weighted by atomic mass is 16.5. The Balaban J connectivity index is 3.57. The van der Waals surface area contributed by atoms with Crippen LogP contribution in [0.5, 0.6) is 0 Å². The minimum Gasteiger partial charge on any atom is -0.466 e. The molecule has 0 bridgehead atoms. The molecule has 0 rings (SSSR count). The van der Waals surface area contributed by atoms with Gasteiger partial charge in [-0.15, -0.1) is 0 Å². The van der Waals surface area contributed by atoms with Crippen LogP contribution in [-0.2, 0) is 19.1 Å². The first-order valence-electron chi connectivity index (χ1n) is 5.54. The van der Waals surface area contributed by atoms with Crippen molar-refractivity contribution in [1.82, 2.24) is 5.32 Å². The van der Waals surface area contributed by atoms with Crippen molar-refractivity contribution < 1.29 is 19.1 Å². The number of Topliss-reactive ketones (excluding diaryl/α,β-unsaturated/α-hetero) is 1. The van der Waals surface area contributed by atoms with E-state index in [1.165, 1.54) is 0 Å². The first-order valence-corrected chi connectivity index (χ1v) is 5.54. The van der Waals surface area contributed by atoms with Gasteiger partial charge in [-0.2, -0.15) is 0 Å². The SMILES string of the molecule is CCCOC(=O)CCC(=O)CNC(=O)CC. The van der Waals surface area contributed by atoms with Crippen LogP contribution in [0.15, 0.2) is 0 Å². The Morgan fingerprint density at radius 3 is 2.38 bits per heavy atom. The molecule has 92 valence electrons. The highest BCUT2D eigenvalue weighted by Gasteiger charge is 2.08. The van der Waals surface area contributed by atoms with Crippen molar-refractivity contribution in [3.63, 3.8) is 0 Å². The molecule has 0 aromatic heterocycles. The lowest BCUT2D eigenvalue weighted by Crippen LogP contribution is -2.29.